The maximum Gasteiger partial charge on any atom is 0.269 e. The molecule has 23 heavy (non-hydrogen) atoms. The van der Waals surface area contributed by atoms with Gasteiger partial charge in [0.05, 0.1) is 20.5 Å². The molecule has 0 N–H and O–H groups in total. The smallest absolute Gasteiger partial charge is 0.267 e. The molecule has 9 heteroatoms. The molecule has 2 aromatic rings. The fraction of sp³-hybridized carbons (Fsp3) is 0.143. The van der Waals surface area contributed by atoms with Crippen molar-refractivity contribution in [1.29, 1.82) is 0 Å². The van der Waals surface area contributed by atoms with E-state index >= 15 is 0 Å². The van der Waals surface area contributed by atoms with Crippen molar-refractivity contribution in [3.8, 4) is 0 Å². The van der Waals surface area contributed by atoms with E-state index in [0.717, 1.165) is 12.1 Å². The van der Waals surface area contributed by atoms with Crippen molar-refractivity contribution in [1.82, 2.24) is 0 Å². The molecule has 0 aliphatic carbocycles. The molecular formula is C14H12BrClN2O4S. The molecule has 0 atom stereocenters. The topological polar surface area (TPSA) is 80.5 Å². The highest BCUT2D eigenvalue weighted by molar-refractivity contribution is 9.10. The first kappa shape index (κ1) is 17.7. The predicted molar refractivity (Wildman–Crippen MR) is 92.5 cm³/mol. The van der Waals surface area contributed by atoms with Crippen LogP contribution in [0.25, 0.3) is 0 Å². The SMILES string of the molecule is CCN(c1ccc(Br)c(Cl)c1)S(=O)(=O)c1ccc([N+](=O)[O-])cc1. The quantitative estimate of drug-likeness (QED) is 0.536. The molecule has 0 heterocycles. The number of non-ortho nitro benzene ring substituents is 1. The largest absolute Gasteiger partial charge is 0.269 e. The lowest BCUT2D eigenvalue weighted by atomic mass is 10.3. The van der Waals surface area contributed by atoms with E-state index in [1.165, 1.54) is 22.5 Å². The summed E-state index contributed by atoms with van der Waals surface area (Å²) in [6, 6.07) is 9.59. The summed E-state index contributed by atoms with van der Waals surface area (Å²) in [5.41, 5.74) is 0.248. The van der Waals surface area contributed by atoms with E-state index in [1.54, 1.807) is 19.1 Å². The van der Waals surface area contributed by atoms with Crippen molar-refractivity contribution in [2.75, 3.05) is 10.8 Å². The van der Waals surface area contributed by atoms with Crippen molar-refractivity contribution in [2.45, 2.75) is 11.8 Å². The second-order valence-corrected chi connectivity index (χ2v) is 7.64. The van der Waals surface area contributed by atoms with E-state index in [0.29, 0.717) is 15.2 Å². The first-order valence-electron chi connectivity index (χ1n) is 6.49. The van der Waals surface area contributed by atoms with Gasteiger partial charge < -0.3 is 0 Å². The summed E-state index contributed by atoms with van der Waals surface area (Å²) >= 11 is 9.28. The molecule has 0 fully saturated rings. The fourth-order valence-electron chi connectivity index (χ4n) is 2.00. The fourth-order valence-corrected chi connectivity index (χ4v) is 3.89. The Morgan fingerprint density at radius 1 is 1.22 bits per heavy atom. The molecule has 2 aromatic carbocycles. The molecule has 0 aliphatic heterocycles. The van der Waals surface area contributed by atoms with Crippen LogP contribution in [0, 0.1) is 10.1 Å². The van der Waals surface area contributed by atoms with Gasteiger partial charge in [-0.05, 0) is 53.2 Å². The molecule has 0 aromatic heterocycles. The second-order valence-electron chi connectivity index (χ2n) is 4.52. The third-order valence-electron chi connectivity index (χ3n) is 3.11. The van der Waals surface area contributed by atoms with Gasteiger partial charge in [0.2, 0.25) is 0 Å². The molecule has 6 nitrogen and oxygen atoms in total. The Balaban J connectivity index is 2.46. The van der Waals surface area contributed by atoms with Gasteiger partial charge >= 0.3 is 0 Å². The molecule has 0 bridgehead atoms. The van der Waals surface area contributed by atoms with Gasteiger partial charge in [-0.1, -0.05) is 11.6 Å². The molecule has 2 rings (SSSR count). The lowest BCUT2D eigenvalue weighted by Gasteiger charge is -2.23. The lowest BCUT2D eigenvalue weighted by Crippen LogP contribution is -2.30. The number of nitrogens with zero attached hydrogens (tertiary/aromatic N) is 2. The Labute approximate surface area is 147 Å². The van der Waals surface area contributed by atoms with E-state index in [2.05, 4.69) is 15.9 Å². The number of sulfonamides is 1. The third-order valence-corrected chi connectivity index (χ3v) is 6.26. The Kier molecular flexibility index (Phi) is 5.28. The van der Waals surface area contributed by atoms with Gasteiger partial charge in [0.25, 0.3) is 15.7 Å². The first-order valence-corrected chi connectivity index (χ1v) is 9.10. The highest BCUT2D eigenvalue weighted by Gasteiger charge is 2.24. The van der Waals surface area contributed by atoms with Crippen LogP contribution in [-0.4, -0.2) is 19.9 Å². The average molecular weight is 420 g/mol. The molecule has 0 amide bonds. The van der Waals surface area contributed by atoms with Crippen LogP contribution >= 0.6 is 27.5 Å². The highest BCUT2D eigenvalue weighted by Crippen LogP contribution is 2.30. The molecule has 0 saturated carbocycles. The van der Waals surface area contributed by atoms with Crippen LogP contribution in [0.2, 0.25) is 5.02 Å². The minimum atomic E-state index is -3.84. The van der Waals surface area contributed by atoms with Gasteiger partial charge in [-0.25, -0.2) is 8.42 Å². The zero-order valence-electron chi connectivity index (χ0n) is 11.9. The third kappa shape index (κ3) is 3.65. The summed E-state index contributed by atoms with van der Waals surface area (Å²) < 4.78 is 27.3. The molecule has 0 unspecified atom stereocenters. The number of nitro groups is 1. The predicted octanol–water partition coefficient (Wildman–Crippen LogP) is 4.23. The highest BCUT2D eigenvalue weighted by atomic mass is 79.9. The number of hydrogen-bond donors (Lipinski definition) is 0. The molecule has 122 valence electrons. The van der Waals surface area contributed by atoms with Crippen molar-refractivity contribution >= 4 is 48.9 Å². The van der Waals surface area contributed by atoms with Crippen LogP contribution in [0.5, 0.6) is 0 Å². The van der Waals surface area contributed by atoms with E-state index in [1.807, 2.05) is 0 Å². The zero-order chi connectivity index (χ0) is 17.2. The summed E-state index contributed by atoms with van der Waals surface area (Å²) in [4.78, 5) is 10.1. The zero-order valence-corrected chi connectivity index (χ0v) is 15.1. The number of halogens is 2. The van der Waals surface area contributed by atoms with Gasteiger partial charge in [0.1, 0.15) is 0 Å². The summed E-state index contributed by atoms with van der Waals surface area (Å²) in [6.45, 7) is 1.89. The van der Waals surface area contributed by atoms with Gasteiger partial charge in [0, 0.05) is 23.2 Å². The second kappa shape index (κ2) is 6.86. The van der Waals surface area contributed by atoms with Crippen LogP contribution in [0.4, 0.5) is 11.4 Å². The van der Waals surface area contributed by atoms with Crippen molar-refractivity contribution in [3.05, 3.63) is 62.1 Å². The Morgan fingerprint density at radius 3 is 2.30 bits per heavy atom. The van der Waals surface area contributed by atoms with Crippen LogP contribution < -0.4 is 4.31 Å². The minimum absolute atomic E-state index is 0.0241. The normalized spacial score (nSPS) is 11.3. The lowest BCUT2D eigenvalue weighted by molar-refractivity contribution is -0.384. The number of rotatable bonds is 5. The van der Waals surface area contributed by atoms with E-state index in [-0.39, 0.29) is 17.1 Å². The van der Waals surface area contributed by atoms with Crippen molar-refractivity contribution in [3.63, 3.8) is 0 Å². The monoisotopic (exact) mass is 418 g/mol. The van der Waals surface area contributed by atoms with E-state index in [9.17, 15) is 18.5 Å². The maximum absolute atomic E-state index is 12.7. The van der Waals surface area contributed by atoms with Crippen LogP contribution in [0.1, 0.15) is 6.92 Å². The Bertz CT molecular complexity index is 840. The van der Waals surface area contributed by atoms with Crippen LogP contribution in [0.3, 0.4) is 0 Å². The van der Waals surface area contributed by atoms with Gasteiger partial charge in [-0.2, -0.15) is 0 Å². The van der Waals surface area contributed by atoms with E-state index < -0.39 is 14.9 Å². The Morgan fingerprint density at radius 2 is 1.83 bits per heavy atom. The summed E-state index contributed by atoms with van der Waals surface area (Å²) in [5, 5.41) is 11.1. The number of nitro benzene ring substituents is 1. The van der Waals surface area contributed by atoms with Crippen LogP contribution in [0.15, 0.2) is 51.8 Å². The first-order chi connectivity index (χ1) is 10.8. The number of hydrogen-bond acceptors (Lipinski definition) is 4. The molecule has 0 aliphatic rings. The standard InChI is InChI=1S/C14H12BrClN2O4S/c1-2-17(11-5-8-13(15)14(16)9-11)23(21,22)12-6-3-10(4-7-12)18(19)20/h3-9H,2H2,1H3. The molecule has 0 radical (unpaired) electrons. The molecule has 0 saturated heterocycles. The molecular weight excluding hydrogens is 408 g/mol. The average Bonchev–Trinajstić information content (AvgIpc) is 2.51. The number of benzene rings is 2. The van der Waals surface area contributed by atoms with Gasteiger partial charge in [-0.3, -0.25) is 14.4 Å². The summed E-state index contributed by atoms with van der Waals surface area (Å²) in [7, 11) is -3.84. The van der Waals surface area contributed by atoms with E-state index in [4.69, 9.17) is 11.6 Å². The number of anilines is 1. The van der Waals surface area contributed by atoms with Crippen LogP contribution in [-0.2, 0) is 10.0 Å². The Hall–Kier alpha value is -1.64. The molecule has 0 spiro atoms. The van der Waals surface area contributed by atoms with Gasteiger partial charge in [0.15, 0.2) is 0 Å². The maximum atomic E-state index is 12.7. The van der Waals surface area contributed by atoms with Crippen molar-refractivity contribution in [2.24, 2.45) is 0 Å². The van der Waals surface area contributed by atoms with Gasteiger partial charge in [-0.15, -0.1) is 0 Å². The summed E-state index contributed by atoms with van der Waals surface area (Å²) in [6.07, 6.45) is 0. The van der Waals surface area contributed by atoms with Crippen molar-refractivity contribution < 1.29 is 13.3 Å². The summed E-state index contributed by atoms with van der Waals surface area (Å²) in [5.74, 6) is 0. The minimum Gasteiger partial charge on any atom is -0.267 e.